The van der Waals surface area contributed by atoms with Crippen molar-refractivity contribution in [3.63, 3.8) is 0 Å². The molecule has 19 heavy (non-hydrogen) atoms. The standard InChI is InChI=1S/C15H25N3O/c1-10-7-11-12(16)8-15(2,3)9-13(11)18(10)6-4-5-14(17)19/h7,12H,4-6,8-9,16H2,1-3H3,(H2,17,19). The lowest BCUT2D eigenvalue weighted by Crippen LogP contribution is -2.30. The number of hydrogen-bond acceptors (Lipinski definition) is 2. The topological polar surface area (TPSA) is 74.0 Å². The maximum atomic E-state index is 10.8. The Labute approximate surface area is 115 Å². The van der Waals surface area contributed by atoms with Crippen molar-refractivity contribution < 1.29 is 4.79 Å². The maximum Gasteiger partial charge on any atom is 0.217 e. The summed E-state index contributed by atoms with van der Waals surface area (Å²) in [5.41, 5.74) is 15.6. The van der Waals surface area contributed by atoms with E-state index in [4.69, 9.17) is 11.5 Å². The molecule has 0 fully saturated rings. The molecule has 4 N–H and O–H groups in total. The Morgan fingerprint density at radius 2 is 2.21 bits per heavy atom. The van der Waals surface area contributed by atoms with Gasteiger partial charge in [0.1, 0.15) is 0 Å². The number of aromatic nitrogens is 1. The zero-order valence-electron chi connectivity index (χ0n) is 12.2. The number of rotatable bonds is 4. The van der Waals surface area contributed by atoms with Crippen molar-refractivity contribution in [2.75, 3.05) is 0 Å². The largest absolute Gasteiger partial charge is 0.370 e. The summed E-state index contributed by atoms with van der Waals surface area (Å²) in [6.07, 6.45) is 3.33. The highest BCUT2D eigenvalue weighted by atomic mass is 16.1. The second-order valence-corrected chi connectivity index (χ2v) is 6.56. The van der Waals surface area contributed by atoms with Gasteiger partial charge >= 0.3 is 0 Å². The molecule has 0 radical (unpaired) electrons. The second kappa shape index (κ2) is 5.00. The third-order valence-corrected chi connectivity index (χ3v) is 4.07. The second-order valence-electron chi connectivity index (χ2n) is 6.56. The summed E-state index contributed by atoms with van der Waals surface area (Å²) >= 11 is 0. The first-order valence-electron chi connectivity index (χ1n) is 7.03. The average Bonchev–Trinajstić information content (AvgIpc) is 2.55. The Morgan fingerprint density at radius 3 is 2.84 bits per heavy atom. The first kappa shape index (κ1) is 14.1. The van der Waals surface area contributed by atoms with Crippen LogP contribution >= 0.6 is 0 Å². The molecule has 4 heteroatoms. The van der Waals surface area contributed by atoms with E-state index in [2.05, 4.69) is 31.4 Å². The quantitative estimate of drug-likeness (QED) is 0.872. The maximum absolute atomic E-state index is 10.8. The van der Waals surface area contributed by atoms with Gasteiger partial charge in [0.15, 0.2) is 0 Å². The van der Waals surface area contributed by atoms with Gasteiger partial charge in [-0.25, -0.2) is 0 Å². The van der Waals surface area contributed by atoms with Crippen LogP contribution in [0.1, 0.15) is 56.1 Å². The monoisotopic (exact) mass is 263 g/mol. The zero-order valence-corrected chi connectivity index (χ0v) is 12.2. The molecule has 0 aliphatic heterocycles. The summed E-state index contributed by atoms with van der Waals surface area (Å²) in [7, 11) is 0. The van der Waals surface area contributed by atoms with Gasteiger partial charge < -0.3 is 16.0 Å². The van der Waals surface area contributed by atoms with Gasteiger partial charge in [-0.05, 0) is 43.2 Å². The molecule has 0 aromatic carbocycles. The summed E-state index contributed by atoms with van der Waals surface area (Å²) in [6.45, 7) is 7.51. The number of fused-ring (bicyclic) bond motifs is 1. The van der Waals surface area contributed by atoms with Crippen molar-refractivity contribution in [1.29, 1.82) is 0 Å². The van der Waals surface area contributed by atoms with Crippen LogP contribution in [0.2, 0.25) is 0 Å². The third-order valence-electron chi connectivity index (χ3n) is 4.07. The van der Waals surface area contributed by atoms with Gasteiger partial charge in [-0.1, -0.05) is 13.8 Å². The van der Waals surface area contributed by atoms with Gasteiger partial charge in [0.25, 0.3) is 0 Å². The fourth-order valence-corrected chi connectivity index (χ4v) is 3.23. The van der Waals surface area contributed by atoms with Crippen molar-refractivity contribution in [3.05, 3.63) is 23.0 Å². The molecule has 0 saturated carbocycles. The number of primary amides is 1. The van der Waals surface area contributed by atoms with E-state index in [0.29, 0.717) is 6.42 Å². The van der Waals surface area contributed by atoms with Crippen molar-refractivity contribution in [1.82, 2.24) is 4.57 Å². The predicted octanol–water partition coefficient (Wildman–Crippen LogP) is 2.03. The van der Waals surface area contributed by atoms with Crippen molar-refractivity contribution in [3.8, 4) is 0 Å². The van der Waals surface area contributed by atoms with Crippen molar-refractivity contribution in [2.45, 2.75) is 59.0 Å². The van der Waals surface area contributed by atoms with Crippen LogP contribution in [0.5, 0.6) is 0 Å². The summed E-state index contributed by atoms with van der Waals surface area (Å²) in [5, 5.41) is 0. The van der Waals surface area contributed by atoms with E-state index in [1.165, 1.54) is 17.0 Å². The minimum absolute atomic E-state index is 0.134. The van der Waals surface area contributed by atoms with Crippen LogP contribution in [0.4, 0.5) is 0 Å². The van der Waals surface area contributed by atoms with E-state index in [0.717, 1.165) is 25.8 Å². The lowest BCUT2D eigenvalue weighted by Gasteiger charge is -2.34. The Bertz CT molecular complexity index is 488. The normalized spacial score (nSPS) is 21.2. The van der Waals surface area contributed by atoms with Gasteiger partial charge in [0.05, 0.1) is 0 Å². The smallest absolute Gasteiger partial charge is 0.217 e. The molecule has 2 rings (SSSR count). The molecule has 106 valence electrons. The molecule has 1 unspecified atom stereocenters. The van der Waals surface area contributed by atoms with Crippen LogP contribution in [0.25, 0.3) is 0 Å². The predicted molar refractivity (Wildman–Crippen MR) is 76.6 cm³/mol. The Balaban J connectivity index is 2.23. The third kappa shape index (κ3) is 3.00. The minimum atomic E-state index is -0.226. The fraction of sp³-hybridized carbons (Fsp3) is 0.667. The number of carbonyl (C=O) groups excluding carboxylic acids is 1. The zero-order chi connectivity index (χ0) is 14.2. The van der Waals surface area contributed by atoms with Gasteiger partial charge in [0.2, 0.25) is 5.91 Å². The van der Waals surface area contributed by atoms with Gasteiger partial charge in [-0.3, -0.25) is 4.79 Å². The highest BCUT2D eigenvalue weighted by Crippen LogP contribution is 2.40. The molecule has 4 nitrogen and oxygen atoms in total. The van der Waals surface area contributed by atoms with Crippen LogP contribution < -0.4 is 11.5 Å². The van der Waals surface area contributed by atoms with E-state index in [9.17, 15) is 4.79 Å². The van der Waals surface area contributed by atoms with Crippen LogP contribution in [-0.2, 0) is 17.8 Å². The van der Waals surface area contributed by atoms with Crippen LogP contribution in [-0.4, -0.2) is 10.5 Å². The number of nitrogens with two attached hydrogens (primary N) is 2. The molecule has 1 aromatic heterocycles. The first-order chi connectivity index (χ1) is 8.80. The molecule has 0 bridgehead atoms. The highest BCUT2D eigenvalue weighted by molar-refractivity contribution is 5.73. The molecule has 1 aliphatic rings. The lowest BCUT2D eigenvalue weighted by atomic mass is 9.74. The number of hydrogen-bond donors (Lipinski definition) is 2. The average molecular weight is 263 g/mol. The van der Waals surface area contributed by atoms with E-state index >= 15 is 0 Å². The van der Waals surface area contributed by atoms with Gasteiger partial charge in [-0.15, -0.1) is 0 Å². The van der Waals surface area contributed by atoms with Gasteiger partial charge in [0, 0.05) is 30.4 Å². The molecule has 1 aliphatic carbocycles. The molecule has 0 spiro atoms. The molecule has 1 atom stereocenters. The summed E-state index contributed by atoms with van der Waals surface area (Å²) in [6, 6.07) is 2.34. The van der Waals surface area contributed by atoms with Crippen molar-refractivity contribution >= 4 is 5.91 Å². The molecule has 1 aromatic rings. The number of amides is 1. The first-order valence-corrected chi connectivity index (χ1v) is 7.03. The summed E-state index contributed by atoms with van der Waals surface area (Å²) in [5.74, 6) is -0.226. The van der Waals surface area contributed by atoms with E-state index in [1.54, 1.807) is 0 Å². The van der Waals surface area contributed by atoms with Crippen molar-refractivity contribution in [2.24, 2.45) is 16.9 Å². The SMILES string of the molecule is Cc1cc2c(n1CCCC(N)=O)CC(C)(C)CC2N. The molecule has 1 amide bonds. The van der Waals surface area contributed by atoms with Crippen LogP contribution in [0, 0.1) is 12.3 Å². The molecular formula is C15H25N3O. The fourth-order valence-electron chi connectivity index (χ4n) is 3.23. The summed E-state index contributed by atoms with van der Waals surface area (Å²) in [4.78, 5) is 10.8. The number of carbonyl (C=O) groups is 1. The van der Waals surface area contributed by atoms with Crippen LogP contribution in [0.15, 0.2) is 6.07 Å². The minimum Gasteiger partial charge on any atom is -0.370 e. The number of aryl methyl sites for hydroxylation is 1. The Hall–Kier alpha value is -1.29. The molecule has 0 saturated heterocycles. The molecule has 1 heterocycles. The van der Waals surface area contributed by atoms with E-state index < -0.39 is 0 Å². The van der Waals surface area contributed by atoms with Gasteiger partial charge in [-0.2, -0.15) is 0 Å². The van der Waals surface area contributed by atoms with E-state index in [-0.39, 0.29) is 17.4 Å². The number of nitrogens with zero attached hydrogens (tertiary/aromatic N) is 1. The summed E-state index contributed by atoms with van der Waals surface area (Å²) < 4.78 is 2.32. The molecular weight excluding hydrogens is 238 g/mol. The van der Waals surface area contributed by atoms with E-state index in [1.807, 2.05) is 0 Å². The Kier molecular flexibility index (Phi) is 3.72. The highest BCUT2D eigenvalue weighted by Gasteiger charge is 2.33. The lowest BCUT2D eigenvalue weighted by molar-refractivity contribution is -0.118. The Morgan fingerprint density at radius 1 is 1.53 bits per heavy atom. The van der Waals surface area contributed by atoms with Crippen LogP contribution in [0.3, 0.4) is 0 Å².